The first-order valence-electron chi connectivity index (χ1n) is 6.04. The molecule has 0 saturated heterocycles. The van der Waals surface area contributed by atoms with Gasteiger partial charge in [0.15, 0.2) is 0 Å². The molecule has 0 amide bonds. The minimum Gasteiger partial charge on any atom is -0.377 e. The molecule has 2 aromatic carbocycles. The number of hydrogen-bond donors (Lipinski definition) is 1. The van der Waals surface area contributed by atoms with Crippen LogP contribution in [0.3, 0.4) is 0 Å². The Kier molecular flexibility index (Phi) is 4.95. The van der Waals surface area contributed by atoms with Crippen LogP contribution in [0.25, 0.3) is 0 Å². The summed E-state index contributed by atoms with van der Waals surface area (Å²) in [5.41, 5.74) is 0.987. The summed E-state index contributed by atoms with van der Waals surface area (Å²) < 4.78 is 15.3. The molecular weight excluding hydrogens is 407 g/mol. The van der Waals surface area contributed by atoms with Crippen LogP contribution in [0, 0.1) is 15.9 Å². The maximum absolute atomic E-state index is 13.9. The molecule has 0 spiro atoms. The standard InChI is InChI=1S/C14H11Br2FN2O2/c1-8(11-6-9(15)2-5-13(11)17)18-14-7-10(19(20)21)3-4-12(14)16/h2-8,18H,1H3. The molecule has 0 radical (unpaired) electrons. The fourth-order valence-corrected chi connectivity index (χ4v) is 2.63. The van der Waals surface area contributed by atoms with Crippen molar-refractivity contribution in [3.8, 4) is 0 Å². The topological polar surface area (TPSA) is 55.2 Å². The van der Waals surface area contributed by atoms with Gasteiger partial charge in [0.2, 0.25) is 0 Å². The maximum atomic E-state index is 13.9. The van der Waals surface area contributed by atoms with Crippen LogP contribution in [0.2, 0.25) is 0 Å². The number of nitro benzene ring substituents is 1. The Morgan fingerprint density at radius 2 is 1.95 bits per heavy atom. The van der Waals surface area contributed by atoms with Crippen LogP contribution in [0.1, 0.15) is 18.5 Å². The molecule has 110 valence electrons. The van der Waals surface area contributed by atoms with Gasteiger partial charge in [-0.1, -0.05) is 15.9 Å². The number of benzene rings is 2. The van der Waals surface area contributed by atoms with E-state index in [1.807, 2.05) is 0 Å². The number of anilines is 1. The molecule has 1 unspecified atom stereocenters. The molecule has 1 atom stereocenters. The second kappa shape index (κ2) is 6.53. The number of nitro groups is 1. The van der Waals surface area contributed by atoms with Gasteiger partial charge in [-0.3, -0.25) is 10.1 Å². The zero-order chi connectivity index (χ0) is 15.6. The van der Waals surface area contributed by atoms with E-state index >= 15 is 0 Å². The van der Waals surface area contributed by atoms with Crippen molar-refractivity contribution in [1.82, 2.24) is 0 Å². The molecule has 0 bridgehead atoms. The highest BCUT2D eigenvalue weighted by Crippen LogP contribution is 2.31. The van der Waals surface area contributed by atoms with Crippen LogP contribution >= 0.6 is 31.9 Å². The summed E-state index contributed by atoms with van der Waals surface area (Å²) in [5, 5.41) is 13.9. The van der Waals surface area contributed by atoms with Crippen molar-refractivity contribution < 1.29 is 9.31 Å². The Bertz CT molecular complexity index is 695. The quantitative estimate of drug-likeness (QED) is 0.532. The molecule has 21 heavy (non-hydrogen) atoms. The molecule has 2 rings (SSSR count). The lowest BCUT2D eigenvalue weighted by Gasteiger charge is -2.17. The Labute approximate surface area is 137 Å². The fraction of sp³-hybridized carbons (Fsp3) is 0.143. The third-order valence-electron chi connectivity index (χ3n) is 2.96. The second-order valence-corrected chi connectivity index (χ2v) is 6.22. The normalized spacial score (nSPS) is 12.0. The van der Waals surface area contributed by atoms with Gasteiger partial charge >= 0.3 is 0 Å². The van der Waals surface area contributed by atoms with Crippen molar-refractivity contribution in [2.75, 3.05) is 5.32 Å². The van der Waals surface area contributed by atoms with Crippen LogP contribution in [0.15, 0.2) is 45.3 Å². The predicted octanol–water partition coefficient (Wildman–Crippen LogP) is 5.43. The van der Waals surface area contributed by atoms with Gasteiger partial charge in [0.1, 0.15) is 5.82 Å². The molecular formula is C14H11Br2FN2O2. The lowest BCUT2D eigenvalue weighted by molar-refractivity contribution is -0.384. The Morgan fingerprint density at radius 1 is 1.24 bits per heavy atom. The first-order chi connectivity index (χ1) is 9.88. The zero-order valence-electron chi connectivity index (χ0n) is 10.9. The van der Waals surface area contributed by atoms with Gasteiger partial charge in [-0.2, -0.15) is 0 Å². The number of hydrogen-bond acceptors (Lipinski definition) is 3. The van der Waals surface area contributed by atoms with Crippen molar-refractivity contribution in [2.24, 2.45) is 0 Å². The lowest BCUT2D eigenvalue weighted by atomic mass is 10.1. The first-order valence-corrected chi connectivity index (χ1v) is 7.62. The number of nitrogens with one attached hydrogen (secondary N) is 1. The van der Waals surface area contributed by atoms with Crippen molar-refractivity contribution in [1.29, 1.82) is 0 Å². The molecule has 0 aliphatic carbocycles. The third-order valence-corrected chi connectivity index (χ3v) is 4.14. The molecule has 0 saturated carbocycles. The summed E-state index contributed by atoms with van der Waals surface area (Å²) in [7, 11) is 0. The minimum absolute atomic E-state index is 0.0254. The maximum Gasteiger partial charge on any atom is 0.271 e. The van der Waals surface area contributed by atoms with Crippen LogP contribution in [-0.4, -0.2) is 4.92 Å². The summed E-state index contributed by atoms with van der Waals surface area (Å²) in [6, 6.07) is 8.73. The van der Waals surface area contributed by atoms with E-state index in [-0.39, 0.29) is 17.5 Å². The average Bonchev–Trinajstić information content (AvgIpc) is 2.43. The van der Waals surface area contributed by atoms with Crippen molar-refractivity contribution in [3.63, 3.8) is 0 Å². The van der Waals surface area contributed by atoms with Crippen LogP contribution < -0.4 is 5.32 Å². The number of non-ortho nitro benzene ring substituents is 1. The van der Waals surface area contributed by atoms with Gasteiger partial charge in [-0.15, -0.1) is 0 Å². The van der Waals surface area contributed by atoms with E-state index in [0.717, 1.165) is 4.47 Å². The highest BCUT2D eigenvalue weighted by atomic mass is 79.9. The predicted molar refractivity (Wildman–Crippen MR) is 86.9 cm³/mol. The molecule has 0 aromatic heterocycles. The Balaban J connectivity index is 2.31. The third kappa shape index (κ3) is 3.79. The molecule has 2 aromatic rings. The van der Waals surface area contributed by atoms with Crippen LogP contribution in [0.5, 0.6) is 0 Å². The summed E-state index contributed by atoms with van der Waals surface area (Å²) in [5.74, 6) is -0.334. The Morgan fingerprint density at radius 3 is 2.62 bits per heavy atom. The summed E-state index contributed by atoms with van der Waals surface area (Å²) in [6.45, 7) is 1.79. The summed E-state index contributed by atoms with van der Waals surface area (Å²) in [6.07, 6.45) is 0. The van der Waals surface area contributed by atoms with Crippen molar-refractivity contribution >= 4 is 43.2 Å². The molecule has 0 fully saturated rings. The van der Waals surface area contributed by atoms with Gasteiger partial charge < -0.3 is 5.32 Å². The molecule has 7 heteroatoms. The van der Waals surface area contributed by atoms with Crippen molar-refractivity contribution in [3.05, 3.63) is 66.8 Å². The second-order valence-electron chi connectivity index (χ2n) is 4.45. The molecule has 0 aliphatic heterocycles. The van der Waals surface area contributed by atoms with E-state index in [0.29, 0.717) is 15.7 Å². The average molecular weight is 418 g/mol. The monoisotopic (exact) mass is 416 g/mol. The fourth-order valence-electron chi connectivity index (χ4n) is 1.89. The lowest BCUT2D eigenvalue weighted by Crippen LogP contribution is -2.09. The minimum atomic E-state index is -0.470. The van der Waals surface area contributed by atoms with Crippen LogP contribution in [0.4, 0.5) is 15.8 Å². The van der Waals surface area contributed by atoms with Crippen LogP contribution in [-0.2, 0) is 0 Å². The van der Waals surface area contributed by atoms with Gasteiger partial charge in [0.25, 0.3) is 5.69 Å². The molecule has 0 aliphatic rings. The SMILES string of the molecule is CC(Nc1cc([N+](=O)[O-])ccc1Br)c1cc(Br)ccc1F. The summed E-state index contributed by atoms with van der Waals surface area (Å²) >= 11 is 6.63. The highest BCUT2D eigenvalue weighted by molar-refractivity contribution is 9.10. The molecule has 4 nitrogen and oxygen atoms in total. The van der Waals surface area contributed by atoms with E-state index in [1.54, 1.807) is 25.1 Å². The van der Waals surface area contributed by atoms with Gasteiger partial charge in [-0.05, 0) is 47.1 Å². The van der Waals surface area contributed by atoms with E-state index in [4.69, 9.17) is 0 Å². The largest absolute Gasteiger partial charge is 0.377 e. The zero-order valence-corrected chi connectivity index (χ0v) is 14.1. The summed E-state index contributed by atoms with van der Waals surface area (Å²) in [4.78, 5) is 10.3. The highest BCUT2D eigenvalue weighted by Gasteiger charge is 2.15. The first kappa shape index (κ1) is 15.9. The molecule has 1 N–H and O–H groups in total. The smallest absolute Gasteiger partial charge is 0.271 e. The van der Waals surface area contributed by atoms with E-state index in [1.165, 1.54) is 18.2 Å². The van der Waals surface area contributed by atoms with E-state index in [2.05, 4.69) is 37.2 Å². The van der Waals surface area contributed by atoms with Gasteiger partial charge in [0, 0.05) is 26.6 Å². The van der Waals surface area contributed by atoms with E-state index < -0.39 is 4.92 Å². The van der Waals surface area contributed by atoms with Gasteiger partial charge in [0.05, 0.1) is 16.7 Å². The number of halogens is 3. The number of rotatable bonds is 4. The van der Waals surface area contributed by atoms with Crippen molar-refractivity contribution in [2.45, 2.75) is 13.0 Å². The van der Waals surface area contributed by atoms with Gasteiger partial charge in [-0.25, -0.2) is 4.39 Å². The van der Waals surface area contributed by atoms with E-state index in [9.17, 15) is 14.5 Å². The Hall–Kier alpha value is -1.47. The molecule has 0 heterocycles. The number of nitrogens with zero attached hydrogens (tertiary/aromatic N) is 1.